The topological polar surface area (TPSA) is 38.8 Å². The van der Waals surface area contributed by atoms with Gasteiger partial charge in [-0.15, -0.1) is 0 Å². The summed E-state index contributed by atoms with van der Waals surface area (Å²) in [5, 5.41) is 0. The maximum Gasteiger partial charge on any atom is 0.415 e. The predicted octanol–water partition coefficient (Wildman–Crippen LogP) is 5.89. The minimum Gasteiger partial charge on any atom is -0.497 e. The van der Waals surface area contributed by atoms with Gasteiger partial charge in [0.05, 0.1) is 18.8 Å². The van der Waals surface area contributed by atoms with Gasteiger partial charge in [0, 0.05) is 4.47 Å². The van der Waals surface area contributed by atoms with Crippen LogP contribution >= 0.6 is 15.9 Å². The van der Waals surface area contributed by atoms with Crippen LogP contribution in [0.15, 0.2) is 46.9 Å². The molecule has 0 radical (unpaired) electrons. The number of carbonyl (C=O) groups excluding carboxylic acids is 1. The highest BCUT2D eigenvalue weighted by Gasteiger charge is 2.36. The van der Waals surface area contributed by atoms with Crippen LogP contribution in [0.4, 0.5) is 10.5 Å². The lowest BCUT2D eigenvalue weighted by Crippen LogP contribution is -2.42. The normalized spacial score (nSPS) is 16.8. The molecule has 0 fully saturated rings. The number of fused-ring (bicyclic) bond motifs is 1. The number of carbonyl (C=O) groups is 1. The van der Waals surface area contributed by atoms with E-state index in [0.29, 0.717) is 0 Å². The fourth-order valence-corrected chi connectivity index (χ4v) is 3.88. The van der Waals surface area contributed by atoms with Crippen LogP contribution in [0.25, 0.3) is 0 Å². The number of nitrogens with zero attached hydrogens (tertiary/aromatic N) is 1. The van der Waals surface area contributed by atoms with Crippen molar-refractivity contribution in [2.45, 2.75) is 45.3 Å². The molecule has 1 amide bonds. The molecule has 3 rings (SSSR count). The number of methoxy groups -OCH3 is 1. The van der Waals surface area contributed by atoms with Gasteiger partial charge in [0.2, 0.25) is 0 Å². The molecule has 0 aliphatic carbocycles. The van der Waals surface area contributed by atoms with Crippen LogP contribution in [-0.2, 0) is 11.2 Å². The molecule has 4 nitrogen and oxygen atoms in total. The summed E-state index contributed by atoms with van der Waals surface area (Å²) >= 11 is 3.62. The Morgan fingerprint density at radius 2 is 1.85 bits per heavy atom. The third-order valence-electron chi connectivity index (χ3n) is 4.40. The summed E-state index contributed by atoms with van der Waals surface area (Å²) in [5.41, 5.74) is 2.56. The smallest absolute Gasteiger partial charge is 0.415 e. The van der Waals surface area contributed by atoms with Crippen LogP contribution in [0.5, 0.6) is 5.75 Å². The number of benzene rings is 2. The Labute approximate surface area is 163 Å². The van der Waals surface area contributed by atoms with Gasteiger partial charge in [-0.3, -0.25) is 4.90 Å². The van der Waals surface area contributed by atoms with E-state index < -0.39 is 5.60 Å². The van der Waals surface area contributed by atoms with E-state index in [1.165, 1.54) is 0 Å². The van der Waals surface area contributed by atoms with Crippen molar-refractivity contribution in [1.29, 1.82) is 0 Å². The van der Waals surface area contributed by atoms with Crippen molar-refractivity contribution in [1.82, 2.24) is 0 Å². The molecule has 0 aromatic heterocycles. The van der Waals surface area contributed by atoms with Crippen molar-refractivity contribution in [2.24, 2.45) is 0 Å². The van der Waals surface area contributed by atoms with E-state index in [9.17, 15) is 4.79 Å². The standard InChI is InChI=1S/C21H24BrNO3/c1-21(2,3)26-20(24)23-18(14-8-11-16(25-4)12-9-14)13-10-15-6-5-7-17(22)19(15)23/h5-9,11-12,18H,10,13H2,1-4H3. The molecule has 138 valence electrons. The van der Waals surface area contributed by atoms with Crippen molar-refractivity contribution in [3.63, 3.8) is 0 Å². The minimum absolute atomic E-state index is 0.0815. The van der Waals surface area contributed by atoms with Crippen LogP contribution in [-0.4, -0.2) is 18.8 Å². The summed E-state index contributed by atoms with van der Waals surface area (Å²) in [7, 11) is 1.65. The van der Waals surface area contributed by atoms with Gasteiger partial charge in [-0.05, 0) is 78.9 Å². The maximum absolute atomic E-state index is 13.1. The Bertz CT molecular complexity index is 796. The number of hydrogen-bond donors (Lipinski definition) is 0. The zero-order chi connectivity index (χ0) is 18.9. The van der Waals surface area contributed by atoms with Crippen LogP contribution in [0.3, 0.4) is 0 Å². The molecule has 26 heavy (non-hydrogen) atoms. The van der Waals surface area contributed by atoms with Crippen LogP contribution in [0, 0.1) is 0 Å². The van der Waals surface area contributed by atoms with E-state index in [4.69, 9.17) is 9.47 Å². The van der Waals surface area contributed by atoms with E-state index in [-0.39, 0.29) is 12.1 Å². The fraction of sp³-hybridized carbons (Fsp3) is 0.381. The minimum atomic E-state index is -0.555. The lowest BCUT2D eigenvalue weighted by Gasteiger charge is -2.39. The summed E-state index contributed by atoms with van der Waals surface area (Å²) < 4.78 is 11.9. The van der Waals surface area contributed by atoms with Crippen molar-refractivity contribution < 1.29 is 14.3 Å². The first-order chi connectivity index (χ1) is 12.3. The molecule has 0 saturated heterocycles. The number of aryl methyl sites for hydroxylation is 1. The van der Waals surface area contributed by atoms with Crippen LogP contribution in [0.1, 0.15) is 44.4 Å². The van der Waals surface area contributed by atoms with Crippen LogP contribution in [0.2, 0.25) is 0 Å². The predicted molar refractivity (Wildman–Crippen MR) is 107 cm³/mol. The van der Waals surface area contributed by atoms with Gasteiger partial charge < -0.3 is 9.47 Å². The first kappa shape index (κ1) is 18.8. The van der Waals surface area contributed by atoms with Gasteiger partial charge in [0.15, 0.2) is 0 Å². The summed E-state index contributed by atoms with van der Waals surface area (Å²) in [6.45, 7) is 5.66. The van der Waals surface area contributed by atoms with E-state index in [1.807, 2.05) is 57.2 Å². The van der Waals surface area contributed by atoms with Gasteiger partial charge in [-0.25, -0.2) is 4.79 Å². The summed E-state index contributed by atoms with van der Waals surface area (Å²) in [6.07, 6.45) is 1.42. The third-order valence-corrected chi connectivity index (χ3v) is 5.04. The molecule has 5 heteroatoms. The first-order valence-corrected chi connectivity index (χ1v) is 9.53. The maximum atomic E-state index is 13.1. The monoisotopic (exact) mass is 417 g/mol. The van der Waals surface area contributed by atoms with Gasteiger partial charge in [-0.1, -0.05) is 24.3 Å². The van der Waals surface area contributed by atoms with Crippen molar-refractivity contribution in [3.05, 3.63) is 58.1 Å². The first-order valence-electron chi connectivity index (χ1n) is 8.74. The molecule has 2 aromatic carbocycles. The van der Waals surface area contributed by atoms with Gasteiger partial charge in [0.25, 0.3) is 0 Å². The molecule has 0 bridgehead atoms. The summed E-state index contributed by atoms with van der Waals surface area (Å²) in [6, 6.07) is 13.8. The highest BCUT2D eigenvalue weighted by molar-refractivity contribution is 9.10. The highest BCUT2D eigenvalue weighted by Crippen LogP contribution is 2.43. The fourth-order valence-electron chi connectivity index (χ4n) is 3.28. The Balaban J connectivity index is 2.05. The number of amides is 1. The number of anilines is 1. The number of rotatable bonds is 2. The molecule has 2 aromatic rings. The zero-order valence-electron chi connectivity index (χ0n) is 15.6. The highest BCUT2D eigenvalue weighted by atomic mass is 79.9. The van der Waals surface area contributed by atoms with Crippen LogP contribution < -0.4 is 9.64 Å². The Morgan fingerprint density at radius 1 is 1.15 bits per heavy atom. The Kier molecular flexibility index (Phi) is 5.28. The van der Waals surface area contributed by atoms with Gasteiger partial charge >= 0.3 is 6.09 Å². The second-order valence-corrected chi connectivity index (χ2v) is 8.28. The average molecular weight is 418 g/mol. The molecule has 0 N–H and O–H groups in total. The average Bonchev–Trinajstić information content (AvgIpc) is 2.60. The lowest BCUT2D eigenvalue weighted by molar-refractivity contribution is 0.0559. The Morgan fingerprint density at radius 3 is 2.46 bits per heavy atom. The molecule has 0 spiro atoms. The quantitative estimate of drug-likeness (QED) is 0.611. The number of para-hydroxylation sites is 1. The molecule has 0 saturated carbocycles. The van der Waals surface area contributed by atoms with Crippen molar-refractivity contribution in [2.75, 3.05) is 12.0 Å². The Hall–Kier alpha value is -2.01. The second-order valence-electron chi connectivity index (χ2n) is 7.43. The molecule has 1 aliphatic rings. The largest absolute Gasteiger partial charge is 0.497 e. The number of ether oxygens (including phenoxy) is 2. The van der Waals surface area contributed by atoms with E-state index in [0.717, 1.165) is 39.9 Å². The third kappa shape index (κ3) is 3.88. The SMILES string of the molecule is COc1ccc(C2CCc3cccc(Br)c3N2C(=O)OC(C)(C)C)cc1. The van der Waals surface area contributed by atoms with E-state index >= 15 is 0 Å². The summed E-state index contributed by atoms with van der Waals surface area (Å²) in [5.74, 6) is 0.801. The van der Waals surface area contributed by atoms with Crippen molar-refractivity contribution in [3.8, 4) is 5.75 Å². The molecule has 1 heterocycles. The molecule has 1 aliphatic heterocycles. The zero-order valence-corrected chi connectivity index (χ0v) is 17.2. The van der Waals surface area contributed by atoms with Gasteiger partial charge in [0.1, 0.15) is 11.4 Å². The van der Waals surface area contributed by atoms with E-state index in [1.54, 1.807) is 12.0 Å². The van der Waals surface area contributed by atoms with Crippen molar-refractivity contribution >= 4 is 27.7 Å². The lowest BCUT2D eigenvalue weighted by atomic mass is 9.91. The molecular weight excluding hydrogens is 394 g/mol. The summed E-state index contributed by atoms with van der Waals surface area (Å²) in [4.78, 5) is 14.9. The number of halogens is 1. The molecule has 1 atom stereocenters. The number of hydrogen-bond acceptors (Lipinski definition) is 3. The van der Waals surface area contributed by atoms with E-state index in [2.05, 4.69) is 22.0 Å². The van der Waals surface area contributed by atoms with Gasteiger partial charge in [-0.2, -0.15) is 0 Å². The molecule has 1 unspecified atom stereocenters. The second kappa shape index (κ2) is 7.31. The molecular formula is C21H24BrNO3.